The van der Waals surface area contributed by atoms with Gasteiger partial charge in [-0.05, 0) is 46.1 Å². The number of carboxylic acid groups (broad SMARTS) is 1. The molecule has 1 aromatic heterocycles. The third-order valence-corrected chi connectivity index (χ3v) is 7.09. The van der Waals surface area contributed by atoms with Gasteiger partial charge >= 0.3 is 5.97 Å². The molecule has 0 unspecified atom stereocenters. The minimum atomic E-state index is -3.71. The molecule has 1 aliphatic rings. The summed E-state index contributed by atoms with van der Waals surface area (Å²) >= 11 is 4.27. The Hall–Kier alpha value is -0.440. The summed E-state index contributed by atoms with van der Waals surface area (Å²) < 4.78 is 26.4. The number of thiophene rings is 1. The van der Waals surface area contributed by atoms with Crippen LogP contribution in [0.3, 0.4) is 0 Å². The van der Waals surface area contributed by atoms with Gasteiger partial charge in [0.1, 0.15) is 10.8 Å². The molecule has 0 bridgehead atoms. The average molecular weight is 354 g/mol. The van der Waals surface area contributed by atoms with Crippen LogP contribution < -0.4 is 0 Å². The number of rotatable bonds is 6. The van der Waals surface area contributed by atoms with Crippen molar-refractivity contribution in [2.45, 2.75) is 17.1 Å². The smallest absolute Gasteiger partial charge is 0.318 e. The Morgan fingerprint density at radius 1 is 1.56 bits per heavy atom. The fourth-order valence-electron chi connectivity index (χ4n) is 1.57. The fourth-order valence-corrected chi connectivity index (χ4v) is 5.48. The number of sulfonamides is 1. The SMILES string of the molecule is O=C(O)CN(CC1CC1)S(=O)(=O)c1sccc1Br. The van der Waals surface area contributed by atoms with Crippen LogP contribution in [0.4, 0.5) is 0 Å². The molecule has 1 saturated carbocycles. The predicted molar refractivity (Wildman–Crippen MR) is 71.1 cm³/mol. The second-order valence-corrected chi connectivity index (χ2v) is 8.09. The summed E-state index contributed by atoms with van der Waals surface area (Å²) in [6.45, 7) is -0.192. The first-order chi connectivity index (χ1) is 8.41. The van der Waals surface area contributed by atoms with Crippen molar-refractivity contribution in [3.05, 3.63) is 15.9 Å². The van der Waals surface area contributed by atoms with E-state index in [1.54, 1.807) is 11.4 Å². The normalized spacial score (nSPS) is 16.1. The molecule has 1 aromatic rings. The molecule has 0 radical (unpaired) electrons. The van der Waals surface area contributed by atoms with Crippen LogP contribution in [0.5, 0.6) is 0 Å². The maximum absolute atomic E-state index is 12.4. The number of halogens is 1. The molecule has 0 aromatic carbocycles. The second kappa shape index (κ2) is 5.28. The summed E-state index contributed by atoms with van der Waals surface area (Å²) in [5.41, 5.74) is 0. The van der Waals surface area contributed by atoms with Crippen molar-refractivity contribution in [1.82, 2.24) is 4.31 Å². The highest BCUT2D eigenvalue weighted by atomic mass is 79.9. The number of nitrogens with zero attached hydrogens (tertiary/aromatic N) is 1. The highest BCUT2D eigenvalue weighted by molar-refractivity contribution is 9.10. The Kier molecular flexibility index (Phi) is 4.10. The average Bonchev–Trinajstić information content (AvgIpc) is 2.97. The van der Waals surface area contributed by atoms with Crippen LogP contribution in [0.15, 0.2) is 20.1 Å². The molecule has 1 heterocycles. The van der Waals surface area contributed by atoms with Gasteiger partial charge in [0.2, 0.25) is 0 Å². The van der Waals surface area contributed by atoms with Gasteiger partial charge in [-0.1, -0.05) is 0 Å². The summed E-state index contributed by atoms with van der Waals surface area (Å²) in [5.74, 6) is -0.829. The van der Waals surface area contributed by atoms with Crippen LogP contribution >= 0.6 is 27.3 Å². The number of carboxylic acids is 1. The molecule has 18 heavy (non-hydrogen) atoms. The molecule has 1 N–H and O–H groups in total. The van der Waals surface area contributed by atoms with Crippen molar-refractivity contribution >= 4 is 43.3 Å². The van der Waals surface area contributed by atoms with Crippen LogP contribution in [0.2, 0.25) is 0 Å². The first kappa shape index (κ1) is 14.0. The summed E-state index contributed by atoms with van der Waals surface area (Å²) in [6, 6.07) is 1.65. The summed E-state index contributed by atoms with van der Waals surface area (Å²) in [7, 11) is -3.71. The summed E-state index contributed by atoms with van der Waals surface area (Å²) in [4.78, 5) is 10.8. The molecular formula is C10H12BrNO4S2. The van der Waals surface area contributed by atoms with Crippen molar-refractivity contribution < 1.29 is 18.3 Å². The van der Waals surface area contributed by atoms with E-state index in [-0.39, 0.29) is 4.21 Å². The third-order valence-electron chi connectivity index (χ3n) is 2.63. The largest absolute Gasteiger partial charge is 0.480 e. The van der Waals surface area contributed by atoms with Crippen LogP contribution in [-0.2, 0) is 14.8 Å². The van der Waals surface area contributed by atoms with Crippen LogP contribution in [0, 0.1) is 5.92 Å². The van der Waals surface area contributed by atoms with Crippen LogP contribution in [0.25, 0.3) is 0 Å². The minimum Gasteiger partial charge on any atom is -0.480 e. The van der Waals surface area contributed by atoms with E-state index in [2.05, 4.69) is 15.9 Å². The molecule has 8 heteroatoms. The molecule has 1 fully saturated rings. The Bertz CT molecular complexity index is 550. The molecule has 0 aliphatic heterocycles. The van der Waals surface area contributed by atoms with Crippen molar-refractivity contribution in [3.8, 4) is 0 Å². The lowest BCUT2D eigenvalue weighted by atomic mass is 10.4. The van der Waals surface area contributed by atoms with Gasteiger partial charge in [-0.3, -0.25) is 4.79 Å². The van der Waals surface area contributed by atoms with E-state index in [4.69, 9.17) is 5.11 Å². The lowest BCUT2D eigenvalue weighted by molar-refractivity contribution is -0.137. The molecule has 0 spiro atoms. The molecule has 5 nitrogen and oxygen atoms in total. The van der Waals surface area contributed by atoms with Crippen LogP contribution in [-0.4, -0.2) is 36.9 Å². The number of hydrogen-bond acceptors (Lipinski definition) is 4. The topological polar surface area (TPSA) is 74.7 Å². The van der Waals surface area contributed by atoms with Gasteiger partial charge in [0.15, 0.2) is 0 Å². The highest BCUT2D eigenvalue weighted by Gasteiger charge is 2.34. The molecule has 0 atom stereocenters. The van der Waals surface area contributed by atoms with E-state index < -0.39 is 22.5 Å². The van der Waals surface area contributed by atoms with Gasteiger partial charge < -0.3 is 5.11 Å². The van der Waals surface area contributed by atoms with Gasteiger partial charge in [-0.15, -0.1) is 11.3 Å². The third kappa shape index (κ3) is 3.11. The van der Waals surface area contributed by atoms with Gasteiger partial charge in [-0.25, -0.2) is 8.42 Å². The maximum Gasteiger partial charge on any atom is 0.318 e. The Morgan fingerprint density at radius 3 is 2.67 bits per heavy atom. The van der Waals surface area contributed by atoms with Gasteiger partial charge in [0, 0.05) is 11.0 Å². The maximum atomic E-state index is 12.4. The van der Waals surface area contributed by atoms with Crippen molar-refractivity contribution in [1.29, 1.82) is 0 Å². The lowest BCUT2D eigenvalue weighted by Crippen LogP contribution is -2.37. The molecule has 1 aliphatic carbocycles. The Balaban J connectivity index is 2.27. The Morgan fingerprint density at radius 2 is 2.22 bits per heavy atom. The van der Waals surface area contributed by atoms with E-state index in [1.807, 2.05) is 0 Å². The molecule has 2 rings (SSSR count). The van der Waals surface area contributed by atoms with Crippen LogP contribution in [0.1, 0.15) is 12.8 Å². The molecular weight excluding hydrogens is 342 g/mol. The van der Waals surface area contributed by atoms with Crippen molar-refractivity contribution in [2.75, 3.05) is 13.1 Å². The molecule has 100 valence electrons. The molecule has 0 amide bonds. The number of hydrogen-bond donors (Lipinski definition) is 1. The van der Waals surface area contributed by atoms with E-state index in [0.29, 0.717) is 16.9 Å². The predicted octanol–water partition coefficient (Wildman–Crippen LogP) is 2.00. The van der Waals surface area contributed by atoms with E-state index >= 15 is 0 Å². The minimum absolute atomic E-state index is 0.171. The quantitative estimate of drug-likeness (QED) is 0.848. The van der Waals surface area contributed by atoms with Crippen molar-refractivity contribution in [2.24, 2.45) is 5.92 Å². The second-order valence-electron chi connectivity index (χ2n) is 4.19. The Labute approximate surface area is 118 Å². The lowest BCUT2D eigenvalue weighted by Gasteiger charge is -2.19. The first-order valence-corrected chi connectivity index (χ1v) is 8.47. The van der Waals surface area contributed by atoms with Gasteiger partial charge in [0.05, 0.1) is 0 Å². The van der Waals surface area contributed by atoms with Gasteiger partial charge in [-0.2, -0.15) is 4.31 Å². The summed E-state index contributed by atoms with van der Waals surface area (Å²) in [6.07, 6.45) is 1.94. The van der Waals surface area contributed by atoms with Crippen molar-refractivity contribution in [3.63, 3.8) is 0 Å². The zero-order valence-electron chi connectivity index (χ0n) is 9.37. The number of carbonyl (C=O) groups is 1. The van der Waals surface area contributed by atoms with E-state index in [0.717, 1.165) is 28.5 Å². The van der Waals surface area contributed by atoms with Gasteiger partial charge in [0.25, 0.3) is 10.0 Å². The summed E-state index contributed by atoms with van der Waals surface area (Å²) in [5, 5.41) is 10.5. The standard InChI is InChI=1S/C10H12BrNO4S2/c11-8-3-4-17-10(8)18(15,16)12(6-9(13)14)5-7-1-2-7/h3-4,7H,1-2,5-6H2,(H,13,14). The highest BCUT2D eigenvalue weighted by Crippen LogP contribution is 2.34. The van der Waals surface area contributed by atoms with E-state index in [1.165, 1.54) is 0 Å². The van der Waals surface area contributed by atoms with E-state index in [9.17, 15) is 13.2 Å². The molecule has 0 saturated heterocycles. The number of aliphatic carboxylic acids is 1. The zero-order valence-corrected chi connectivity index (χ0v) is 12.6. The fraction of sp³-hybridized carbons (Fsp3) is 0.500. The first-order valence-electron chi connectivity index (χ1n) is 5.36. The monoisotopic (exact) mass is 353 g/mol. The zero-order chi connectivity index (χ0) is 13.3.